The van der Waals surface area contributed by atoms with E-state index in [2.05, 4.69) is 6.92 Å². The second-order valence-corrected chi connectivity index (χ2v) is 5.85. The normalized spacial score (nSPS) is 10.7. The third-order valence-corrected chi connectivity index (χ3v) is 3.81. The van der Waals surface area contributed by atoms with Gasteiger partial charge < -0.3 is 5.11 Å². The third kappa shape index (κ3) is 3.56. The summed E-state index contributed by atoms with van der Waals surface area (Å²) in [6, 6.07) is 1.87. The van der Waals surface area contributed by atoms with E-state index in [1.807, 2.05) is 6.07 Å². The Hall–Kier alpha value is -2.09. The molecule has 0 aromatic carbocycles. The molecule has 1 heterocycles. The molecule has 0 atom stereocenters. The van der Waals surface area contributed by atoms with Crippen LogP contribution in [0.4, 0.5) is 0 Å². The summed E-state index contributed by atoms with van der Waals surface area (Å²) >= 11 is 0. The summed E-state index contributed by atoms with van der Waals surface area (Å²) in [4.78, 5) is 24.6. The first kappa shape index (κ1) is 18.0. The first-order valence-corrected chi connectivity index (χ1v) is 7.77. The SMILES string of the molecule is CCCCCCn1c(O)c(C(=O)C(C)C)c(C)c(C#N)c1=O. The van der Waals surface area contributed by atoms with Crippen molar-refractivity contribution in [2.45, 2.75) is 59.9 Å². The lowest BCUT2D eigenvalue weighted by Crippen LogP contribution is -2.27. The number of carbonyl (C=O) groups is 1. The van der Waals surface area contributed by atoms with Gasteiger partial charge in [0.1, 0.15) is 11.6 Å². The number of nitrogens with zero attached hydrogens (tertiary/aromatic N) is 2. The average molecular weight is 304 g/mol. The molecular formula is C17H24N2O3. The van der Waals surface area contributed by atoms with E-state index >= 15 is 0 Å². The van der Waals surface area contributed by atoms with E-state index in [1.165, 1.54) is 6.92 Å². The van der Waals surface area contributed by atoms with Crippen molar-refractivity contribution in [3.63, 3.8) is 0 Å². The maximum Gasteiger partial charge on any atom is 0.271 e. The summed E-state index contributed by atoms with van der Waals surface area (Å²) in [6.45, 7) is 7.39. The Balaban J connectivity index is 3.39. The molecule has 0 saturated carbocycles. The van der Waals surface area contributed by atoms with Crippen LogP contribution in [-0.2, 0) is 6.54 Å². The summed E-state index contributed by atoms with van der Waals surface area (Å²) in [5.74, 6) is -0.882. The molecule has 0 aliphatic rings. The minimum Gasteiger partial charge on any atom is -0.494 e. The van der Waals surface area contributed by atoms with Gasteiger partial charge in [-0.2, -0.15) is 5.26 Å². The van der Waals surface area contributed by atoms with Gasteiger partial charge in [-0.05, 0) is 18.9 Å². The predicted molar refractivity (Wildman–Crippen MR) is 85.1 cm³/mol. The molecule has 0 aliphatic heterocycles. The number of ketones is 1. The van der Waals surface area contributed by atoms with Crippen molar-refractivity contribution in [2.75, 3.05) is 0 Å². The zero-order chi connectivity index (χ0) is 16.9. The predicted octanol–water partition coefficient (Wildman–Crippen LogP) is 3.15. The molecule has 1 N–H and O–H groups in total. The van der Waals surface area contributed by atoms with E-state index in [0.717, 1.165) is 30.3 Å². The van der Waals surface area contributed by atoms with Crippen LogP contribution in [0.5, 0.6) is 5.88 Å². The summed E-state index contributed by atoms with van der Waals surface area (Å²) in [5.41, 5.74) is -0.207. The number of rotatable bonds is 7. The molecule has 5 nitrogen and oxygen atoms in total. The van der Waals surface area contributed by atoms with Gasteiger partial charge in [0, 0.05) is 12.5 Å². The van der Waals surface area contributed by atoms with Crippen LogP contribution in [0.2, 0.25) is 0 Å². The van der Waals surface area contributed by atoms with Crippen molar-refractivity contribution in [3.05, 3.63) is 27.0 Å². The van der Waals surface area contributed by atoms with E-state index in [1.54, 1.807) is 13.8 Å². The summed E-state index contributed by atoms with van der Waals surface area (Å²) in [5, 5.41) is 19.6. The van der Waals surface area contributed by atoms with Gasteiger partial charge in [0.15, 0.2) is 5.78 Å². The highest BCUT2D eigenvalue weighted by atomic mass is 16.3. The lowest BCUT2D eigenvalue weighted by molar-refractivity contribution is 0.0934. The monoisotopic (exact) mass is 304 g/mol. The van der Waals surface area contributed by atoms with Crippen LogP contribution in [0.1, 0.15) is 67.9 Å². The zero-order valence-electron chi connectivity index (χ0n) is 13.8. The average Bonchev–Trinajstić information content (AvgIpc) is 2.46. The Labute approximate surface area is 131 Å². The van der Waals surface area contributed by atoms with E-state index < -0.39 is 5.56 Å². The van der Waals surface area contributed by atoms with Crippen molar-refractivity contribution < 1.29 is 9.90 Å². The second kappa shape index (κ2) is 7.79. The standard InChI is InChI=1S/C17H24N2O3/c1-5-6-7-8-9-19-16(21)13(10-18)12(4)14(17(19)22)15(20)11(2)3/h11,22H,5-9H2,1-4H3. The Morgan fingerprint density at radius 3 is 2.45 bits per heavy atom. The maximum atomic E-state index is 12.3. The molecule has 0 radical (unpaired) electrons. The molecule has 0 aliphatic carbocycles. The molecule has 1 rings (SSSR count). The molecule has 0 spiro atoms. The number of Topliss-reactive ketones (excluding diaryl/α,β-unsaturated/α-hetero) is 1. The van der Waals surface area contributed by atoms with E-state index in [9.17, 15) is 20.0 Å². The number of aromatic hydroxyl groups is 1. The maximum absolute atomic E-state index is 12.3. The van der Waals surface area contributed by atoms with Crippen LogP contribution < -0.4 is 5.56 Å². The van der Waals surface area contributed by atoms with Crippen LogP contribution in [0.3, 0.4) is 0 Å². The zero-order valence-corrected chi connectivity index (χ0v) is 13.8. The number of unbranched alkanes of at least 4 members (excludes halogenated alkanes) is 3. The number of hydrogen-bond donors (Lipinski definition) is 1. The molecule has 0 saturated heterocycles. The number of aromatic nitrogens is 1. The Bertz CT molecular complexity index is 651. The molecule has 0 amide bonds. The lowest BCUT2D eigenvalue weighted by Gasteiger charge is -2.16. The van der Waals surface area contributed by atoms with Gasteiger partial charge in [-0.3, -0.25) is 14.2 Å². The fourth-order valence-corrected chi connectivity index (χ4v) is 2.44. The van der Waals surface area contributed by atoms with Crippen LogP contribution in [0.25, 0.3) is 0 Å². The molecule has 1 aromatic rings. The van der Waals surface area contributed by atoms with Gasteiger partial charge in [-0.1, -0.05) is 40.0 Å². The van der Waals surface area contributed by atoms with Gasteiger partial charge in [0.05, 0.1) is 5.56 Å². The van der Waals surface area contributed by atoms with Gasteiger partial charge in [0.2, 0.25) is 5.88 Å². The van der Waals surface area contributed by atoms with E-state index in [-0.39, 0.29) is 34.3 Å². The minimum absolute atomic E-state index is 0.0581. The van der Waals surface area contributed by atoms with Crippen LogP contribution in [0.15, 0.2) is 4.79 Å². The quantitative estimate of drug-likeness (QED) is 0.619. The lowest BCUT2D eigenvalue weighted by atomic mass is 9.95. The van der Waals surface area contributed by atoms with Crippen LogP contribution >= 0.6 is 0 Å². The topological polar surface area (TPSA) is 83.1 Å². The molecule has 1 aromatic heterocycles. The fourth-order valence-electron chi connectivity index (χ4n) is 2.44. The first-order chi connectivity index (χ1) is 10.4. The van der Waals surface area contributed by atoms with Crippen LogP contribution in [0, 0.1) is 24.2 Å². The van der Waals surface area contributed by atoms with E-state index in [0.29, 0.717) is 6.54 Å². The van der Waals surface area contributed by atoms with Crippen molar-refractivity contribution in [1.29, 1.82) is 5.26 Å². The van der Waals surface area contributed by atoms with E-state index in [4.69, 9.17) is 0 Å². The van der Waals surface area contributed by atoms with Gasteiger partial charge >= 0.3 is 0 Å². The highest BCUT2D eigenvalue weighted by Crippen LogP contribution is 2.25. The smallest absolute Gasteiger partial charge is 0.271 e. The number of carbonyl (C=O) groups excluding carboxylic acids is 1. The highest BCUT2D eigenvalue weighted by Gasteiger charge is 2.25. The van der Waals surface area contributed by atoms with Crippen molar-refractivity contribution in [2.24, 2.45) is 5.92 Å². The molecule has 5 heteroatoms. The van der Waals surface area contributed by atoms with Crippen LogP contribution in [-0.4, -0.2) is 15.5 Å². The Morgan fingerprint density at radius 2 is 1.95 bits per heavy atom. The second-order valence-electron chi connectivity index (χ2n) is 5.85. The van der Waals surface area contributed by atoms with Gasteiger partial charge in [0.25, 0.3) is 5.56 Å². The molecular weight excluding hydrogens is 280 g/mol. The van der Waals surface area contributed by atoms with Crippen molar-refractivity contribution in [3.8, 4) is 11.9 Å². The summed E-state index contributed by atoms with van der Waals surface area (Å²) in [6.07, 6.45) is 3.77. The Kier molecular flexibility index (Phi) is 6.36. The largest absolute Gasteiger partial charge is 0.494 e. The van der Waals surface area contributed by atoms with Crippen molar-refractivity contribution in [1.82, 2.24) is 4.57 Å². The first-order valence-electron chi connectivity index (χ1n) is 7.77. The van der Waals surface area contributed by atoms with Gasteiger partial charge in [-0.25, -0.2) is 0 Å². The third-order valence-electron chi connectivity index (χ3n) is 3.81. The van der Waals surface area contributed by atoms with Gasteiger partial charge in [-0.15, -0.1) is 0 Å². The fraction of sp³-hybridized carbons (Fsp3) is 0.588. The molecule has 0 bridgehead atoms. The molecule has 0 unspecified atom stereocenters. The minimum atomic E-state index is -0.519. The molecule has 0 fully saturated rings. The number of pyridine rings is 1. The number of nitriles is 1. The summed E-state index contributed by atoms with van der Waals surface area (Å²) < 4.78 is 1.16. The van der Waals surface area contributed by atoms with Crippen molar-refractivity contribution >= 4 is 5.78 Å². The summed E-state index contributed by atoms with van der Waals surface area (Å²) in [7, 11) is 0. The number of hydrogen-bond acceptors (Lipinski definition) is 4. The molecule has 120 valence electrons. The Morgan fingerprint density at radius 1 is 1.32 bits per heavy atom. The highest BCUT2D eigenvalue weighted by molar-refractivity contribution is 6.01. The molecule has 22 heavy (non-hydrogen) atoms.